The van der Waals surface area contributed by atoms with Gasteiger partial charge in [-0.1, -0.05) is 17.7 Å². The average molecular weight is 395 g/mol. The Morgan fingerprint density at radius 2 is 1.93 bits per heavy atom. The van der Waals surface area contributed by atoms with E-state index in [0.29, 0.717) is 5.75 Å². The van der Waals surface area contributed by atoms with Crippen LogP contribution in [0.25, 0.3) is 0 Å². The van der Waals surface area contributed by atoms with Crippen LogP contribution in [0.5, 0.6) is 11.5 Å². The lowest BCUT2D eigenvalue weighted by atomic mass is 10.2. The number of methoxy groups -OCH3 is 2. The molecule has 2 rings (SSSR count). The number of anilines is 1. The average Bonchev–Trinajstić information content (AvgIpc) is 2.66. The molecule has 0 spiro atoms. The predicted octanol–water partition coefficient (Wildman–Crippen LogP) is 3.06. The van der Waals surface area contributed by atoms with E-state index >= 15 is 0 Å². The summed E-state index contributed by atoms with van der Waals surface area (Å²) in [5.74, 6) is -0.951. The third-order valence-corrected chi connectivity index (χ3v) is 3.70. The number of rotatable bonds is 7. The number of ether oxygens (including phenoxy) is 3. The number of esters is 1. The van der Waals surface area contributed by atoms with Gasteiger partial charge in [0.1, 0.15) is 10.6 Å². The van der Waals surface area contributed by atoms with Crippen LogP contribution in [0.3, 0.4) is 0 Å². The molecule has 0 unspecified atom stereocenters. The van der Waals surface area contributed by atoms with Gasteiger partial charge >= 0.3 is 5.97 Å². The van der Waals surface area contributed by atoms with Gasteiger partial charge in [0.15, 0.2) is 18.1 Å². The predicted molar refractivity (Wildman–Crippen MR) is 96.6 cm³/mol. The monoisotopic (exact) mass is 394 g/mol. The number of benzene rings is 2. The summed E-state index contributed by atoms with van der Waals surface area (Å²) < 4.78 is 15.2. The second-order valence-electron chi connectivity index (χ2n) is 5.09. The van der Waals surface area contributed by atoms with Gasteiger partial charge in [0.25, 0.3) is 11.6 Å². The second-order valence-corrected chi connectivity index (χ2v) is 5.50. The molecule has 0 atom stereocenters. The Bertz CT molecular complexity index is 886. The zero-order valence-corrected chi connectivity index (χ0v) is 15.1. The first-order chi connectivity index (χ1) is 12.9. The Labute approximate surface area is 158 Å². The summed E-state index contributed by atoms with van der Waals surface area (Å²) in [6.07, 6.45) is 0. The van der Waals surface area contributed by atoms with Crippen LogP contribution in [0.1, 0.15) is 10.4 Å². The molecule has 0 aliphatic carbocycles. The van der Waals surface area contributed by atoms with Crippen LogP contribution < -0.4 is 14.8 Å². The molecule has 0 radical (unpaired) electrons. The summed E-state index contributed by atoms with van der Waals surface area (Å²) >= 11 is 5.71. The van der Waals surface area contributed by atoms with E-state index in [1.165, 1.54) is 32.4 Å². The molecule has 0 saturated carbocycles. The molecule has 0 bridgehead atoms. The van der Waals surface area contributed by atoms with Crippen molar-refractivity contribution in [2.45, 2.75) is 0 Å². The van der Waals surface area contributed by atoms with Crippen LogP contribution in [0.4, 0.5) is 11.4 Å². The number of hydrogen-bond acceptors (Lipinski definition) is 7. The molecule has 0 fully saturated rings. The molecule has 9 nitrogen and oxygen atoms in total. The van der Waals surface area contributed by atoms with Crippen molar-refractivity contribution in [3.05, 3.63) is 57.1 Å². The van der Waals surface area contributed by atoms with Crippen molar-refractivity contribution < 1.29 is 28.7 Å². The lowest BCUT2D eigenvalue weighted by Gasteiger charge is -2.12. The van der Waals surface area contributed by atoms with E-state index in [4.69, 9.17) is 25.8 Å². The number of nitrogens with zero attached hydrogens (tertiary/aromatic N) is 1. The minimum absolute atomic E-state index is 0.0606. The second kappa shape index (κ2) is 8.86. The third kappa shape index (κ3) is 4.85. The summed E-state index contributed by atoms with van der Waals surface area (Å²) in [6, 6.07) is 8.42. The summed E-state index contributed by atoms with van der Waals surface area (Å²) in [7, 11) is 2.79. The van der Waals surface area contributed by atoms with Crippen molar-refractivity contribution in [1.29, 1.82) is 0 Å². The maximum absolute atomic E-state index is 12.2. The standard InChI is InChI=1S/C17H15ClN2O7/c1-25-14-5-3-4-11(16(14)26-2)17(22)27-9-15(21)19-10-6-7-12(18)13(8-10)20(23)24/h3-8H,9H2,1-2H3,(H,19,21). The first-order valence-electron chi connectivity index (χ1n) is 7.49. The minimum atomic E-state index is -0.789. The Balaban J connectivity index is 2.03. The number of carbonyl (C=O) groups excluding carboxylic acids is 2. The first-order valence-corrected chi connectivity index (χ1v) is 7.87. The van der Waals surface area contributed by atoms with Gasteiger partial charge in [-0.25, -0.2) is 4.79 Å². The maximum Gasteiger partial charge on any atom is 0.342 e. The van der Waals surface area contributed by atoms with Gasteiger partial charge in [-0.3, -0.25) is 14.9 Å². The van der Waals surface area contributed by atoms with Crippen LogP contribution in [0.15, 0.2) is 36.4 Å². The van der Waals surface area contributed by atoms with Crippen LogP contribution in [0.2, 0.25) is 5.02 Å². The molecule has 10 heteroatoms. The number of halogens is 1. The van der Waals surface area contributed by atoms with Gasteiger partial charge < -0.3 is 19.5 Å². The van der Waals surface area contributed by atoms with Crippen molar-refractivity contribution in [2.75, 3.05) is 26.1 Å². The van der Waals surface area contributed by atoms with Gasteiger partial charge in [-0.15, -0.1) is 0 Å². The lowest BCUT2D eigenvalue weighted by Crippen LogP contribution is -2.21. The summed E-state index contributed by atoms with van der Waals surface area (Å²) in [6.45, 7) is -0.602. The van der Waals surface area contributed by atoms with E-state index in [9.17, 15) is 19.7 Å². The Hall–Kier alpha value is -3.33. The highest BCUT2D eigenvalue weighted by Crippen LogP contribution is 2.31. The van der Waals surface area contributed by atoms with Gasteiger partial charge in [0, 0.05) is 11.8 Å². The molecule has 1 N–H and O–H groups in total. The van der Waals surface area contributed by atoms with E-state index in [-0.39, 0.29) is 27.7 Å². The van der Waals surface area contributed by atoms with Crippen molar-refractivity contribution in [1.82, 2.24) is 0 Å². The number of para-hydroxylation sites is 1. The molecule has 2 aromatic carbocycles. The van der Waals surface area contributed by atoms with Gasteiger partial charge in [0.2, 0.25) is 0 Å². The highest BCUT2D eigenvalue weighted by molar-refractivity contribution is 6.32. The molecule has 0 heterocycles. The smallest absolute Gasteiger partial charge is 0.342 e. The van der Waals surface area contributed by atoms with Gasteiger partial charge in [0.05, 0.1) is 19.1 Å². The molecule has 27 heavy (non-hydrogen) atoms. The molecule has 142 valence electrons. The van der Waals surface area contributed by atoms with Crippen LogP contribution in [-0.2, 0) is 9.53 Å². The topological polar surface area (TPSA) is 117 Å². The van der Waals surface area contributed by atoms with Crippen LogP contribution >= 0.6 is 11.6 Å². The van der Waals surface area contributed by atoms with Crippen molar-refractivity contribution in [3.8, 4) is 11.5 Å². The van der Waals surface area contributed by atoms with Crippen molar-refractivity contribution >= 4 is 34.9 Å². The summed E-state index contributed by atoms with van der Waals surface area (Å²) in [4.78, 5) is 34.3. The fraction of sp³-hybridized carbons (Fsp3) is 0.176. The largest absolute Gasteiger partial charge is 0.493 e. The summed E-state index contributed by atoms with van der Waals surface area (Å²) in [5, 5.41) is 13.2. The molecule has 0 aromatic heterocycles. The maximum atomic E-state index is 12.2. The van der Waals surface area contributed by atoms with Gasteiger partial charge in [-0.2, -0.15) is 0 Å². The molecule has 0 aliphatic heterocycles. The highest BCUT2D eigenvalue weighted by atomic mass is 35.5. The first kappa shape index (κ1) is 20.0. The fourth-order valence-electron chi connectivity index (χ4n) is 2.18. The van der Waals surface area contributed by atoms with E-state index in [0.717, 1.165) is 6.07 Å². The quantitative estimate of drug-likeness (QED) is 0.435. The Morgan fingerprint density at radius 1 is 1.19 bits per heavy atom. The SMILES string of the molecule is COc1cccc(C(=O)OCC(=O)Nc2ccc(Cl)c([N+](=O)[O-])c2)c1OC. The number of nitrogens with one attached hydrogen (secondary N) is 1. The Morgan fingerprint density at radius 3 is 2.56 bits per heavy atom. The van der Waals surface area contributed by atoms with E-state index in [2.05, 4.69) is 5.32 Å². The van der Waals surface area contributed by atoms with Crippen molar-refractivity contribution in [3.63, 3.8) is 0 Å². The Kier molecular flexibility index (Phi) is 6.56. The highest BCUT2D eigenvalue weighted by Gasteiger charge is 2.19. The van der Waals surface area contributed by atoms with Gasteiger partial charge in [-0.05, 0) is 24.3 Å². The number of carbonyl (C=O) groups is 2. The number of amides is 1. The zero-order chi connectivity index (χ0) is 20.0. The molecule has 1 amide bonds. The minimum Gasteiger partial charge on any atom is -0.493 e. The number of nitro groups is 1. The third-order valence-electron chi connectivity index (χ3n) is 3.38. The lowest BCUT2D eigenvalue weighted by molar-refractivity contribution is -0.384. The summed E-state index contributed by atoms with van der Waals surface area (Å²) in [5.41, 5.74) is -0.120. The number of hydrogen-bond donors (Lipinski definition) is 1. The zero-order valence-electron chi connectivity index (χ0n) is 14.4. The molecular weight excluding hydrogens is 380 g/mol. The number of nitro benzene ring substituents is 1. The van der Waals surface area contributed by atoms with Crippen LogP contribution in [0, 0.1) is 10.1 Å². The van der Waals surface area contributed by atoms with E-state index < -0.39 is 23.4 Å². The molecule has 0 aliphatic rings. The van der Waals surface area contributed by atoms with Crippen LogP contribution in [-0.4, -0.2) is 37.6 Å². The molecular formula is C17H15ClN2O7. The normalized spacial score (nSPS) is 10.0. The molecule has 2 aromatic rings. The van der Waals surface area contributed by atoms with E-state index in [1.807, 2.05) is 0 Å². The molecule has 0 saturated heterocycles. The fourth-order valence-corrected chi connectivity index (χ4v) is 2.37. The van der Waals surface area contributed by atoms with E-state index in [1.54, 1.807) is 12.1 Å². The van der Waals surface area contributed by atoms with Crippen molar-refractivity contribution in [2.24, 2.45) is 0 Å².